The minimum Gasteiger partial charge on any atom is -0.379 e. The van der Waals surface area contributed by atoms with Crippen molar-refractivity contribution in [2.45, 2.75) is 11.8 Å². The molecule has 0 atom stereocenters. The molecule has 2 aliphatic heterocycles. The Bertz CT molecular complexity index is 771. The summed E-state index contributed by atoms with van der Waals surface area (Å²) in [6.07, 6.45) is 0. The monoisotopic (exact) mass is 369 g/mol. The molecule has 2 heterocycles. The highest BCUT2D eigenvalue weighted by Gasteiger charge is 2.27. The predicted molar refractivity (Wildman–Crippen MR) is 93.0 cm³/mol. The number of sulfonamides is 1. The van der Waals surface area contributed by atoms with Crippen molar-refractivity contribution < 1.29 is 17.9 Å². The maximum absolute atomic E-state index is 12.7. The second kappa shape index (κ2) is 7.22. The van der Waals surface area contributed by atoms with Crippen LogP contribution >= 0.6 is 11.8 Å². The van der Waals surface area contributed by atoms with Gasteiger partial charge in [0.1, 0.15) is 0 Å². The van der Waals surface area contributed by atoms with Crippen molar-refractivity contribution in [3.05, 3.63) is 29.3 Å². The Hall–Kier alpha value is -1.42. The molecule has 130 valence electrons. The van der Waals surface area contributed by atoms with E-state index in [1.54, 1.807) is 19.1 Å². The Morgan fingerprint density at radius 2 is 2.08 bits per heavy atom. The van der Waals surface area contributed by atoms with E-state index in [0.29, 0.717) is 43.6 Å². The van der Waals surface area contributed by atoms with Gasteiger partial charge >= 0.3 is 0 Å². The van der Waals surface area contributed by atoms with Gasteiger partial charge in [0.2, 0.25) is 10.0 Å². The summed E-state index contributed by atoms with van der Waals surface area (Å²) >= 11 is 1.48. The van der Waals surface area contributed by atoms with Crippen molar-refractivity contribution in [2.75, 3.05) is 38.6 Å². The highest BCUT2D eigenvalue weighted by atomic mass is 32.2. The van der Waals surface area contributed by atoms with E-state index < -0.39 is 10.0 Å². The van der Waals surface area contributed by atoms with Gasteiger partial charge in [-0.1, -0.05) is 17.8 Å². The minimum absolute atomic E-state index is 0.126. The summed E-state index contributed by atoms with van der Waals surface area (Å²) in [7, 11) is -3.62. The van der Waals surface area contributed by atoms with Crippen LogP contribution in [0, 0.1) is 6.92 Å². The van der Waals surface area contributed by atoms with Gasteiger partial charge in [0.15, 0.2) is 5.17 Å². The zero-order chi connectivity index (χ0) is 17.2. The van der Waals surface area contributed by atoms with E-state index in [2.05, 4.69) is 10.3 Å². The molecule has 0 bridgehead atoms. The number of ether oxygens (including phenoxy) is 1. The van der Waals surface area contributed by atoms with Crippen LogP contribution in [0.5, 0.6) is 0 Å². The van der Waals surface area contributed by atoms with Crippen molar-refractivity contribution >= 4 is 32.9 Å². The lowest BCUT2D eigenvalue weighted by Crippen LogP contribution is -2.40. The largest absolute Gasteiger partial charge is 0.379 e. The topological polar surface area (TPSA) is 88.1 Å². The molecule has 1 saturated heterocycles. The summed E-state index contributed by atoms with van der Waals surface area (Å²) in [5.74, 6) is 0.514. The Kier molecular flexibility index (Phi) is 5.24. The second-order valence-electron chi connectivity index (χ2n) is 5.48. The second-order valence-corrected chi connectivity index (χ2v) is 8.50. The van der Waals surface area contributed by atoms with E-state index >= 15 is 0 Å². The molecular weight excluding hydrogens is 350 g/mol. The van der Waals surface area contributed by atoms with E-state index in [0.717, 1.165) is 11.3 Å². The van der Waals surface area contributed by atoms with Crippen LogP contribution in [0.1, 0.15) is 15.9 Å². The smallest absolute Gasteiger partial charge is 0.257 e. The maximum Gasteiger partial charge on any atom is 0.257 e. The Labute approximate surface area is 145 Å². The van der Waals surface area contributed by atoms with Gasteiger partial charge in [-0.3, -0.25) is 9.79 Å². The number of thioether (sulfide) groups is 1. The molecule has 9 heteroatoms. The van der Waals surface area contributed by atoms with Crippen LogP contribution < -0.4 is 5.32 Å². The molecule has 0 saturated carbocycles. The van der Waals surface area contributed by atoms with Gasteiger partial charge in [0, 0.05) is 24.4 Å². The number of nitrogens with zero attached hydrogens (tertiary/aromatic N) is 2. The van der Waals surface area contributed by atoms with Crippen molar-refractivity contribution in [3.8, 4) is 0 Å². The molecule has 1 aromatic carbocycles. The van der Waals surface area contributed by atoms with Gasteiger partial charge in [0.25, 0.3) is 5.91 Å². The fourth-order valence-electron chi connectivity index (χ4n) is 2.52. The van der Waals surface area contributed by atoms with Crippen molar-refractivity contribution in [1.29, 1.82) is 0 Å². The number of aryl methyl sites for hydroxylation is 1. The lowest BCUT2D eigenvalue weighted by molar-refractivity contribution is 0.0730. The highest BCUT2D eigenvalue weighted by molar-refractivity contribution is 8.14. The number of benzene rings is 1. The Balaban J connectivity index is 1.86. The number of hydrogen-bond acceptors (Lipinski definition) is 6. The van der Waals surface area contributed by atoms with Crippen LogP contribution in [0.15, 0.2) is 28.1 Å². The fraction of sp³-hybridized carbons (Fsp3) is 0.467. The molecule has 1 N–H and O–H groups in total. The van der Waals surface area contributed by atoms with Crippen molar-refractivity contribution in [3.63, 3.8) is 0 Å². The Morgan fingerprint density at radius 3 is 2.75 bits per heavy atom. The van der Waals surface area contributed by atoms with Gasteiger partial charge in [-0.05, 0) is 24.6 Å². The maximum atomic E-state index is 12.7. The molecule has 0 aliphatic carbocycles. The summed E-state index contributed by atoms with van der Waals surface area (Å²) in [6.45, 7) is 3.88. The SMILES string of the molecule is Cc1ccc(S(=O)(=O)N2CCOCC2)cc1C(=O)NC1=NCCS1. The lowest BCUT2D eigenvalue weighted by atomic mass is 10.1. The van der Waals surface area contributed by atoms with Crippen molar-refractivity contribution in [2.24, 2.45) is 4.99 Å². The molecule has 2 aliphatic rings. The average Bonchev–Trinajstić information content (AvgIpc) is 3.08. The average molecular weight is 369 g/mol. The normalized spacial score (nSPS) is 19.1. The molecular formula is C15H19N3O4S2. The summed E-state index contributed by atoms with van der Waals surface area (Å²) in [5.41, 5.74) is 1.07. The van der Waals surface area contributed by atoms with Crippen LogP contribution in [0.2, 0.25) is 0 Å². The molecule has 1 amide bonds. The van der Waals surface area contributed by atoms with Crippen LogP contribution in [-0.2, 0) is 14.8 Å². The van der Waals surface area contributed by atoms with Crippen LogP contribution in [0.25, 0.3) is 0 Å². The van der Waals surface area contributed by atoms with Gasteiger partial charge in [0.05, 0.1) is 24.7 Å². The first-order chi connectivity index (χ1) is 11.5. The number of nitrogens with one attached hydrogen (secondary N) is 1. The van der Waals surface area contributed by atoms with E-state index in [9.17, 15) is 13.2 Å². The molecule has 7 nitrogen and oxygen atoms in total. The molecule has 3 rings (SSSR count). The lowest BCUT2D eigenvalue weighted by Gasteiger charge is -2.26. The number of carbonyl (C=O) groups excluding carboxylic acids is 1. The number of hydrogen-bond donors (Lipinski definition) is 1. The van der Waals surface area contributed by atoms with Gasteiger partial charge in [-0.2, -0.15) is 4.31 Å². The van der Waals surface area contributed by atoms with Crippen LogP contribution in [0.4, 0.5) is 0 Å². The first-order valence-electron chi connectivity index (χ1n) is 7.65. The number of amidine groups is 1. The molecule has 0 unspecified atom stereocenters. The third-order valence-corrected chi connectivity index (χ3v) is 6.65. The minimum atomic E-state index is -3.62. The van der Waals surface area contributed by atoms with Crippen LogP contribution in [-0.4, -0.2) is 62.4 Å². The van der Waals surface area contributed by atoms with Gasteiger partial charge < -0.3 is 10.1 Å². The first-order valence-corrected chi connectivity index (χ1v) is 10.1. The number of morpholine rings is 1. The zero-order valence-corrected chi connectivity index (χ0v) is 15.0. The molecule has 0 radical (unpaired) electrons. The predicted octanol–water partition coefficient (Wildman–Crippen LogP) is 0.849. The summed E-state index contributed by atoms with van der Waals surface area (Å²) in [5, 5.41) is 3.32. The van der Waals surface area contributed by atoms with E-state index in [1.165, 1.54) is 22.1 Å². The van der Waals surface area contributed by atoms with E-state index in [-0.39, 0.29) is 10.8 Å². The molecule has 24 heavy (non-hydrogen) atoms. The van der Waals surface area contributed by atoms with E-state index in [1.807, 2.05) is 0 Å². The first kappa shape index (κ1) is 17.4. The molecule has 1 fully saturated rings. The summed E-state index contributed by atoms with van der Waals surface area (Å²) in [4.78, 5) is 16.8. The summed E-state index contributed by atoms with van der Waals surface area (Å²) < 4.78 is 32.0. The van der Waals surface area contributed by atoms with E-state index in [4.69, 9.17) is 4.74 Å². The fourth-order valence-corrected chi connectivity index (χ4v) is 4.68. The molecule has 1 aromatic rings. The molecule has 0 aromatic heterocycles. The quantitative estimate of drug-likeness (QED) is 0.853. The molecule has 0 spiro atoms. The van der Waals surface area contributed by atoms with Crippen LogP contribution in [0.3, 0.4) is 0 Å². The van der Waals surface area contributed by atoms with Gasteiger partial charge in [-0.25, -0.2) is 8.42 Å². The van der Waals surface area contributed by atoms with Gasteiger partial charge in [-0.15, -0.1) is 0 Å². The number of amides is 1. The summed E-state index contributed by atoms with van der Waals surface area (Å²) in [6, 6.07) is 4.64. The third kappa shape index (κ3) is 3.64. The number of rotatable bonds is 3. The van der Waals surface area contributed by atoms with Crippen molar-refractivity contribution in [1.82, 2.24) is 9.62 Å². The third-order valence-electron chi connectivity index (χ3n) is 3.87. The standard InChI is InChI=1S/C15H19N3O4S2/c1-11-2-3-12(24(20,21)18-5-7-22-8-6-18)10-13(11)14(19)17-15-16-4-9-23-15/h2-3,10H,4-9H2,1H3,(H,16,17,19). The zero-order valence-electron chi connectivity index (χ0n) is 13.3. The highest BCUT2D eigenvalue weighted by Crippen LogP contribution is 2.21. The Morgan fingerprint density at radius 1 is 1.33 bits per heavy atom. The number of aliphatic imine (C=N–C) groups is 1. The number of carbonyl (C=O) groups is 1.